The van der Waals surface area contributed by atoms with Crippen LogP contribution in [0.15, 0.2) is 34.8 Å². The maximum Gasteiger partial charge on any atom is 0.239 e. The summed E-state index contributed by atoms with van der Waals surface area (Å²) in [4.78, 5) is 29.1. The molecule has 0 bridgehead atoms. The lowest BCUT2D eigenvalue weighted by molar-refractivity contribution is -0.116. The fraction of sp³-hybridized carbons (Fsp3) is 0.316. The molecule has 8 nitrogen and oxygen atoms in total. The first-order valence-electron chi connectivity index (χ1n) is 9.23. The van der Waals surface area contributed by atoms with E-state index in [2.05, 4.69) is 25.8 Å². The molecule has 2 N–H and O–H groups in total. The Labute approximate surface area is 187 Å². The second-order valence-electron chi connectivity index (χ2n) is 6.42. The number of aryl methyl sites for hydroxylation is 1. The fourth-order valence-electron chi connectivity index (χ4n) is 2.57. The number of hydrogen-bond donors (Lipinski definition) is 2. The molecule has 0 radical (unpaired) electrons. The smallest absolute Gasteiger partial charge is 0.239 e. The van der Waals surface area contributed by atoms with E-state index in [0.717, 1.165) is 5.69 Å². The highest BCUT2D eigenvalue weighted by atomic mass is 35.5. The Morgan fingerprint density at radius 2 is 1.97 bits per heavy atom. The van der Waals surface area contributed by atoms with Gasteiger partial charge in [-0.3, -0.25) is 9.59 Å². The van der Waals surface area contributed by atoms with Gasteiger partial charge in [0.25, 0.3) is 0 Å². The molecule has 158 valence electrons. The van der Waals surface area contributed by atoms with Crippen molar-refractivity contribution in [2.24, 2.45) is 0 Å². The zero-order valence-corrected chi connectivity index (χ0v) is 19.1. The van der Waals surface area contributed by atoms with E-state index in [1.54, 1.807) is 31.2 Å². The molecular weight excluding hydrogens is 444 g/mol. The van der Waals surface area contributed by atoms with E-state index in [9.17, 15) is 9.59 Å². The SMILES string of the molecule is CCn1c(CC(=O)Nc2ccc(Cl)cc2)nnc1S[C@@H](C)C(=O)Nc1nc(C)cs1. The predicted molar refractivity (Wildman–Crippen MR) is 120 cm³/mol. The molecule has 0 saturated heterocycles. The topological polar surface area (TPSA) is 102 Å². The van der Waals surface area contributed by atoms with Crippen molar-refractivity contribution in [1.82, 2.24) is 19.7 Å². The molecule has 1 atom stereocenters. The molecule has 0 aliphatic heterocycles. The molecule has 0 saturated carbocycles. The number of thiazole rings is 1. The normalized spacial score (nSPS) is 11.9. The lowest BCUT2D eigenvalue weighted by Gasteiger charge is -2.11. The van der Waals surface area contributed by atoms with Crippen LogP contribution in [0.3, 0.4) is 0 Å². The summed E-state index contributed by atoms with van der Waals surface area (Å²) in [7, 11) is 0. The van der Waals surface area contributed by atoms with Crippen molar-refractivity contribution in [2.75, 3.05) is 10.6 Å². The van der Waals surface area contributed by atoms with Crippen LogP contribution < -0.4 is 10.6 Å². The predicted octanol–water partition coefficient (Wildman–Crippen LogP) is 4.02. The van der Waals surface area contributed by atoms with Crippen molar-refractivity contribution in [3.05, 3.63) is 46.2 Å². The Morgan fingerprint density at radius 3 is 2.60 bits per heavy atom. The summed E-state index contributed by atoms with van der Waals surface area (Å²) in [6, 6.07) is 6.88. The molecule has 30 heavy (non-hydrogen) atoms. The van der Waals surface area contributed by atoms with Gasteiger partial charge in [0, 0.05) is 22.6 Å². The summed E-state index contributed by atoms with van der Waals surface area (Å²) in [6.45, 7) is 6.19. The van der Waals surface area contributed by atoms with E-state index in [-0.39, 0.29) is 18.2 Å². The molecule has 0 spiro atoms. The second-order valence-corrected chi connectivity index (χ2v) is 9.02. The molecule has 0 unspecified atom stereocenters. The number of benzene rings is 1. The van der Waals surface area contributed by atoms with Gasteiger partial charge < -0.3 is 15.2 Å². The quantitative estimate of drug-likeness (QED) is 0.488. The van der Waals surface area contributed by atoms with Crippen LogP contribution in [0.1, 0.15) is 25.4 Å². The number of nitrogens with one attached hydrogen (secondary N) is 2. The van der Waals surface area contributed by atoms with Gasteiger partial charge in [0.15, 0.2) is 10.3 Å². The number of hydrogen-bond acceptors (Lipinski definition) is 7. The Hall–Kier alpha value is -2.43. The average molecular weight is 465 g/mol. The maximum atomic E-state index is 12.4. The van der Waals surface area contributed by atoms with Crippen LogP contribution in [0.5, 0.6) is 0 Å². The van der Waals surface area contributed by atoms with Crippen LogP contribution in [0.2, 0.25) is 5.02 Å². The number of carbonyl (C=O) groups is 2. The summed E-state index contributed by atoms with van der Waals surface area (Å²) in [5.74, 6) is 0.164. The Balaban J connectivity index is 1.62. The van der Waals surface area contributed by atoms with E-state index in [1.807, 2.05) is 23.8 Å². The van der Waals surface area contributed by atoms with Gasteiger partial charge in [-0.15, -0.1) is 21.5 Å². The van der Waals surface area contributed by atoms with E-state index >= 15 is 0 Å². The van der Waals surface area contributed by atoms with E-state index in [4.69, 9.17) is 11.6 Å². The van der Waals surface area contributed by atoms with Gasteiger partial charge in [0.2, 0.25) is 11.8 Å². The zero-order chi connectivity index (χ0) is 21.7. The number of aromatic nitrogens is 4. The van der Waals surface area contributed by atoms with Gasteiger partial charge in [-0.2, -0.15) is 0 Å². The van der Waals surface area contributed by atoms with Crippen molar-refractivity contribution < 1.29 is 9.59 Å². The lowest BCUT2D eigenvalue weighted by Crippen LogP contribution is -2.23. The Bertz CT molecular complexity index is 1030. The van der Waals surface area contributed by atoms with E-state index in [1.165, 1.54) is 23.1 Å². The lowest BCUT2D eigenvalue weighted by atomic mass is 10.3. The third-order valence-corrected chi connectivity index (χ3v) is 6.26. The third kappa shape index (κ3) is 5.80. The van der Waals surface area contributed by atoms with Crippen LogP contribution in [0.25, 0.3) is 0 Å². The van der Waals surface area contributed by atoms with Gasteiger partial charge >= 0.3 is 0 Å². The summed E-state index contributed by atoms with van der Waals surface area (Å²) < 4.78 is 1.84. The van der Waals surface area contributed by atoms with Crippen molar-refractivity contribution in [2.45, 2.75) is 44.1 Å². The van der Waals surface area contributed by atoms with Crippen LogP contribution in [0.4, 0.5) is 10.8 Å². The third-order valence-electron chi connectivity index (χ3n) is 4.06. The minimum atomic E-state index is -0.403. The van der Waals surface area contributed by atoms with Crippen LogP contribution >= 0.6 is 34.7 Å². The molecule has 0 aliphatic carbocycles. The number of carbonyl (C=O) groups excluding carboxylic acids is 2. The average Bonchev–Trinajstić information content (AvgIpc) is 3.28. The highest BCUT2D eigenvalue weighted by molar-refractivity contribution is 8.00. The van der Waals surface area contributed by atoms with Crippen molar-refractivity contribution in [3.8, 4) is 0 Å². The summed E-state index contributed by atoms with van der Waals surface area (Å²) in [6.07, 6.45) is 0.0724. The molecule has 0 aliphatic rings. The summed E-state index contributed by atoms with van der Waals surface area (Å²) in [5, 5.41) is 17.2. The summed E-state index contributed by atoms with van der Waals surface area (Å²) >= 11 is 8.54. The van der Waals surface area contributed by atoms with Crippen LogP contribution in [0, 0.1) is 6.92 Å². The molecule has 3 rings (SSSR count). The number of rotatable bonds is 8. The van der Waals surface area contributed by atoms with Gasteiger partial charge in [-0.05, 0) is 45.0 Å². The first-order chi connectivity index (χ1) is 14.4. The van der Waals surface area contributed by atoms with Gasteiger partial charge in [0.05, 0.1) is 17.4 Å². The molecule has 2 heterocycles. The van der Waals surface area contributed by atoms with Crippen LogP contribution in [-0.2, 0) is 22.6 Å². The number of halogens is 1. The van der Waals surface area contributed by atoms with Crippen molar-refractivity contribution in [3.63, 3.8) is 0 Å². The Morgan fingerprint density at radius 1 is 1.23 bits per heavy atom. The summed E-state index contributed by atoms with van der Waals surface area (Å²) in [5.41, 5.74) is 1.52. The van der Waals surface area contributed by atoms with Gasteiger partial charge in [-0.1, -0.05) is 23.4 Å². The maximum absolute atomic E-state index is 12.4. The monoisotopic (exact) mass is 464 g/mol. The molecule has 11 heteroatoms. The Kier molecular flexibility index (Phi) is 7.46. The second kappa shape index (κ2) is 10.1. The number of amides is 2. The molecule has 3 aromatic rings. The highest BCUT2D eigenvalue weighted by Gasteiger charge is 2.21. The molecule has 0 fully saturated rings. The standard InChI is InChI=1S/C19H21ClN6O2S2/c1-4-26-15(9-16(27)22-14-7-5-13(20)6-8-14)24-25-19(26)30-12(3)17(28)23-18-21-11(2)10-29-18/h5-8,10,12H,4,9H2,1-3H3,(H,22,27)(H,21,23,28)/t12-/m0/s1. The minimum absolute atomic E-state index is 0.0724. The van der Waals surface area contributed by atoms with Gasteiger partial charge in [-0.25, -0.2) is 4.98 Å². The zero-order valence-electron chi connectivity index (χ0n) is 16.7. The van der Waals surface area contributed by atoms with Gasteiger partial charge in [0.1, 0.15) is 5.82 Å². The fourth-order valence-corrected chi connectivity index (χ4v) is 4.32. The highest BCUT2D eigenvalue weighted by Crippen LogP contribution is 2.24. The van der Waals surface area contributed by atoms with Crippen molar-refractivity contribution in [1.29, 1.82) is 0 Å². The first-order valence-corrected chi connectivity index (χ1v) is 11.4. The molecule has 1 aromatic carbocycles. The van der Waals surface area contributed by atoms with E-state index < -0.39 is 5.25 Å². The molecular formula is C19H21ClN6O2S2. The van der Waals surface area contributed by atoms with E-state index in [0.29, 0.717) is 33.4 Å². The number of thioether (sulfide) groups is 1. The number of anilines is 2. The molecule has 2 aromatic heterocycles. The first kappa shape index (κ1) is 22.3. The minimum Gasteiger partial charge on any atom is -0.326 e. The largest absolute Gasteiger partial charge is 0.326 e. The van der Waals surface area contributed by atoms with Crippen molar-refractivity contribution >= 4 is 57.3 Å². The number of nitrogens with zero attached hydrogens (tertiary/aromatic N) is 4. The molecule has 2 amide bonds. The van der Waals surface area contributed by atoms with Crippen LogP contribution in [-0.4, -0.2) is 36.8 Å².